The summed E-state index contributed by atoms with van der Waals surface area (Å²) in [5, 5.41) is 7.89. The lowest BCUT2D eigenvalue weighted by molar-refractivity contribution is 0.138. The molecule has 0 bridgehead atoms. The highest BCUT2D eigenvalue weighted by Gasteiger charge is 2.24. The topological polar surface area (TPSA) is 42.2 Å². The molecule has 2 atom stereocenters. The molecule has 1 aliphatic rings. The van der Waals surface area contributed by atoms with Crippen molar-refractivity contribution >= 4 is 0 Å². The van der Waals surface area contributed by atoms with Crippen LogP contribution in [0.4, 0.5) is 0 Å². The van der Waals surface area contributed by atoms with Gasteiger partial charge in [0, 0.05) is 19.4 Å². The molecule has 102 valence electrons. The summed E-state index contributed by atoms with van der Waals surface area (Å²) in [7, 11) is 2.26. The van der Waals surface area contributed by atoms with Crippen LogP contribution in [0, 0.1) is 12.8 Å². The molecule has 0 radical (unpaired) electrons. The molecule has 4 nitrogen and oxygen atoms in total. The fraction of sp³-hybridized carbons (Fsp3) is 0.857. The highest BCUT2D eigenvalue weighted by molar-refractivity contribution is 4.82. The Balaban J connectivity index is 1.72. The van der Waals surface area contributed by atoms with Crippen molar-refractivity contribution in [2.45, 2.75) is 58.4 Å². The van der Waals surface area contributed by atoms with Crippen molar-refractivity contribution in [1.82, 2.24) is 15.1 Å². The summed E-state index contributed by atoms with van der Waals surface area (Å²) in [6.07, 6.45) is 7.54. The molecule has 4 heteroatoms. The number of rotatable bonds is 5. The first kappa shape index (κ1) is 13.5. The fourth-order valence-corrected chi connectivity index (χ4v) is 3.04. The van der Waals surface area contributed by atoms with Crippen molar-refractivity contribution in [3.8, 4) is 0 Å². The maximum Gasteiger partial charge on any atom is 0.216 e. The molecule has 0 saturated heterocycles. The Hall–Kier alpha value is -0.900. The van der Waals surface area contributed by atoms with Crippen LogP contribution in [-0.2, 0) is 6.42 Å². The van der Waals surface area contributed by atoms with Gasteiger partial charge in [0.2, 0.25) is 11.8 Å². The van der Waals surface area contributed by atoms with E-state index < -0.39 is 0 Å². The molecule has 2 rings (SSSR count). The van der Waals surface area contributed by atoms with Gasteiger partial charge in [0.25, 0.3) is 0 Å². The summed E-state index contributed by atoms with van der Waals surface area (Å²) in [5.74, 6) is 2.28. The summed E-state index contributed by atoms with van der Waals surface area (Å²) in [5.41, 5.74) is 0. The molecular formula is C14H25N3O. The molecule has 1 aliphatic carbocycles. The SMILES string of the molecule is Cc1nnc(CCCN(C)[C@@H]2CCCC[C@H]2C)o1. The first-order valence-electron chi connectivity index (χ1n) is 7.16. The minimum atomic E-state index is 0.666. The molecule has 0 aromatic carbocycles. The van der Waals surface area contributed by atoms with Crippen LogP contribution >= 0.6 is 0 Å². The molecule has 1 aromatic heterocycles. The first-order valence-corrected chi connectivity index (χ1v) is 7.16. The smallest absolute Gasteiger partial charge is 0.216 e. The quantitative estimate of drug-likeness (QED) is 0.807. The number of hydrogen-bond acceptors (Lipinski definition) is 4. The van der Waals surface area contributed by atoms with Gasteiger partial charge in [-0.3, -0.25) is 0 Å². The Morgan fingerprint density at radius 2 is 2.06 bits per heavy atom. The Kier molecular flexibility index (Phi) is 4.75. The standard InChI is InChI=1S/C14H25N3O/c1-11-7-4-5-8-13(11)17(3)10-6-9-14-16-15-12(2)18-14/h11,13H,4-10H2,1-3H3/t11-,13-/m1/s1. The van der Waals surface area contributed by atoms with E-state index in [0.717, 1.165) is 37.2 Å². The minimum Gasteiger partial charge on any atom is -0.426 e. The van der Waals surface area contributed by atoms with Gasteiger partial charge in [-0.25, -0.2) is 0 Å². The van der Waals surface area contributed by atoms with E-state index >= 15 is 0 Å². The summed E-state index contributed by atoms with van der Waals surface area (Å²) in [6.45, 7) is 5.35. The van der Waals surface area contributed by atoms with E-state index in [0.29, 0.717) is 5.89 Å². The Morgan fingerprint density at radius 1 is 1.28 bits per heavy atom. The normalized spacial score (nSPS) is 24.7. The zero-order valence-electron chi connectivity index (χ0n) is 11.9. The number of nitrogens with zero attached hydrogens (tertiary/aromatic N) is 3. The summed E-state index contributed by atoms with van der Waals surface area (Å²) >= 11 is 0. The molecule has 0 unspecified atom stereocenters. The van der Waals surface area contributed by atoms with Crippen molar-refractivity contribution in [3.05, 3.63) is 11.8 Å². The molecular weight excluding hydrogens is 226 g/mol. The van der Waals surface area contributed by atoms with Gasteiger partial charge in [0.15, 0.2) is 0 Å². The molecule has 18 heavy (non-hydrogen) atoms. The third kappa shape index (κ3) is 3.55. The third-order valence-electron chi connectivity index (χ3n) is 4.10. The maximum atomic E-state index is 5.39. The van der Waals surface area contributed by atoms with E-state index in [1.54, 1.807) is 0 Å². The van der Waals surface area contributed by atoms with E-state index in [2.05, 4.69) is 29.1 Å². The van der Waals surface area contributed by atoms with Crippen molar-refractivity contribution in [1.29, 1.82) is 0 Å². The van der Waals surface area contributed by atoms with Gasteiger partial charge in [0.1, 0.15) is 0 Å². The van der Waals surface area contributed by atoms with Crippen LogP contribution in [0.2, 0.25) is 0 Å². The van der Waals surface area contributed by atoms with Gasteiger partial charge >= 0.3 is 0 Å². The summed E-state index contributed by atoms with van der Waals surface area (Å²) in [4.78, 5) is 2.52. The molecule has 0 spiro atoms. The number of hydrogen-bond donors (Lipinski definition) is 0. The monoisotopic (exact) mass is 251 g/mol. The molecule has 0 amide bonds. The largest absolute Gasteiger partial charge is 0.426 e. The van der Waals surface area contributed by atoms with Crippen LogP contribution in [0.1, 0.15) is 50.8 Å². The average Bonchev–Trinajstić information content (AvgIpc) is 2.75. The van der Waals surface area contributed by atoms with Gasteiger partial charge in [-0.15, -0.1) is 10.2 Å². The van der Waals surface area contributed by atoms with Gasteiger partial charge in [-0.2, -0.15) is 0 Å². The third-order valence-corrected chi connectivity index (χ3v) is 4.10. The minimum absolute atomic E-state index is 0.666. The van der Waals surface area contributed by atoms with Crippen LogP contribution < -0.4 is 0 Å². The zero-order chi connectivity index (χ0) is 13.0. The zero-order valence-corrected chi connectivity index (χ0v) is 11.9. The van der Waals surface area contributed by atoms with Gasteiger partial charge in [0.05, 0.1) is 0 Å². The van der Waals surface area contributed by atoms with E-state index in [4.69, 9.17) is 4.42 Å². The van der Waals surface area contributed by atoms with Crippen molar-refractivity contribution in [2.24, 2.45) is 5.92 Å². The predicted molar refractivity (Wildman–Crippen MR) is 71.4 cm³/mol. The van der Waals surface area contributed by atoms with Crippen LogP contribution in [0.5, 0.6) is 0 Å². The number of aromatic nitrogens is 2. The second-order valence-corrected chi connectivity index (χ2v) is 5.63. The Labute approximate surface area is 110 Å². The van der Waals surface area contributed by atoms with Crippen LogP contribution in [0.3, 0.4) is 0 Å². The lowest BCUT2D eigenvalue weighted by Crippen LogP contribution is -2.39. The predicted octanol–water partition coefficient (Wildman–Crippen LogP) is 2.82. The molecule has 1 fully saturated rings. The summed E-state index contributed by atoms with van der Waals surface area (Å²) in [6, 6.07) is 0.767. The molecule has 0 aliphatic heterocycles. The highest BCUT2D eigenvalue weighted by atomic mass is 16.4. The van der Waals surface area contributed by atoms with Gasteiger partial charge in [-0.1, -0.05) is 19.8 Å². The summed E-state index contributed by atoms with van der Waals surface area (Å²) < 4.78 is 5.39. The van der Waals surface area contributed by atoms with E-state index in [1.165, 1.54) is 25.7 Å². The number of aryl methyl sites for hydroxylation is 2. The van der Waals surface area contributed by atoms with Crippen LogP contribution in [0.25, 0.3) is 0 Å². The second-order valence-electron chi connectivity index (χ2n) is 5.63. The molecule has 1 heterocycles. The first-order chi connectivity index (χ1) is 8.66. The lowest BCUT2D eigenvalue weighted by Gasteiger charge is -2.36. The average molecular weight is 251 g/mol. The Bertz CT molecular complexity index is 364. The van der Waals surface area contributed by atoms with Crippen LogP contribution in [-0.4, -0.2) is 34.7 Å². The van der Waals surface area contributed by atoms with E-state index in [9.17, 15) is 0 Å². The van der Waals surface area contributed by atoms with E-state index in [1.807, 2.05) is 6.92 Å². The highest BCUT2D eigenvalue weighted by Crippen LogP contribution is 2.27. The molecule has 1 saturated carbocycles. The Morgan fingerprint density at radius 3 is 2.72 bits per heavy atom. The maximum absolute atomic E-state index is 5.39. The second kappa shape index (κ2) is 6.32. The lowest BCUT2D eigenvalue weighted by atomic mass is 9.85. The van der Waals surface area contributed by atoms with Crippen molar-refractivity contribution in [2.75, 3.05) is 13.6 Å². The van der Waals surface area contributed by atoms with Crippen molar-refractivity contribution in [3.63, 3.8) is 0 Å². The van der Waals surface area contributed by atoms with Gasteiger partial charge in [-0.05, 0) is 38.8 Å². The molecule has 0 N–H and O–H groups in total. The van der Waals surface area contributed by atoms with Crippen molar-refractivity contribution < 1.29 is 4.42 Å². The van der Waals surface area contributed by atoms with Gasteiger partial charge < -0.3 is 9.32 Å². The fourth-order valence-electron chi connectivity index (χ4n) is 3.04. The molecule has 1 aromatic rings. The van der Waals surface area contributed by atoms with Crippen LogP contribution in [0.15, 0.2) is 4.42 Å². The van der Waals surface area contributed by atoms with E-state index in [-0.39, 0.29) is 0 Å².